The SMILES string of the molecule is O=C(N/N=C\c1ccc2c(c1)OCO2)C(=O)Nc1ccc([N+](=O)[O-])cc1. The second kappa shape index (κ2) is 7.30. The molecule has 0 atom stereocenters. The van der Waals surface area contributed by atoms with Crippen molar-refractivity contribution in [2.75, 3.05) is 12.1 Å². The van der Waals surface area contributed by atoms with Crippen molar-refractivity contribution in [1.82, 2.24) is 5.43 Å². The topological polar surface area (TPSA) is 132 Å². The molecule has 0 radical (unpaired) electrons. The van der Waals surface area contributed by atoms with Crippen LogP contribution in [0.1, 0.15) is 5.56 Å². The zero-order valence-corrected chi connectivity index (χ0v) is 13.2. The molecule has 10 nitrogen and oxygen atoms in total. The lowest BCUT2D eigenvalue weighted by Gasteiger charge is -2.03. The minimum absolute atomic E-state index is 0.124. The Labute approximate surface area is 146 Å². The largest absolute Gasteiger partial charge is 0.454 e. The molecule has 26 heavy (non-hydrogen) atoms. The number of carbonyl (C=O) groups excluding carboxylic acids is 2. The molecule has 10 heteroatoms. The minimum atomic E-state index is -0.986. The van der Waals surface area contributed by atoms with Crippen LogP contribution in [0.3, 0.4) is 0 Å². The van der Waals surface area contributed by atoms with Crippen LogP contribution in [-0.4, -0.2) is 29.7 Å². The number of nitrogens with zero attached hydrogens (tertiary/aromatic N) is 2. The summed E-state index contributed by atoms with van der Waals surface area (Å²) in [5.74, 6) is -0.758. The number of amides is 2. The second-order valence-corrected chi connectivity index (χ2v) is 5.07. The number of nitrogens with one attached hydrogen (secondary N) is 2. The van der Waals surface area contributed by atoms with E-state index in [2.05, 4.69) is 15.8 Å². The van der Waals surface area contributed by atoms with Gasteiger partial charge in [0.05, 0.1) is 11.1 Å². The Kier molecular flexibility index (Phi) is 4.74. The first kappa shape index (κ1) is 16.9. The van der Waals surface area contributed by atoms with Crippen LogP contribution in [0.2, 0.25) is 0 Å². The van der Waals surface area contributed by atoms with Crippen molar-refractivity contribution in [1.29, 1.82) is 0 Å². The van der Waals surface area contributed by atoms with Gasteiger partial charge in [0.15, 0.2) is 11.5 Å². The molecule has 1 heterocycles. The smallest absolute Gasteiger partial charge is 0.329 e. The van der Waals surface area contributed by atoms with Gasteiger partial charge in [0.1, 0.15) is 0 Å². The van der Waals surface area contributed by atoms with Gasteiger partial charge in [0.25, 0.3) is 5.69 Å². The van der Waals surface area contributed by atoms with E-state index in [1.807, 2.05) is 0 Å². The molecule has 0 saturated heterocycles. The predicted octanol–water partition coefficient (Wildman–Crippen LogP) is 1.41. The van der Waals surface area contributed by atoms with Gasteiger partial charge in [0.2, 0.25) is 6.79 Å². The van der Waals surface area contributed by atoms with Crippen molar-refractivity contribution >= 4 is 29.4 Å². The summed E-state index contributed by atoms with van der Waals surface area (Å²) in [5, 5.41) is 16.6. The third-order valence-electron chi connectivity index (χ3n) is 3.32. The van der Waals surface area contributed by atoms with Gasteiger partial charge in [-0.15, -0.1) is 0 Å². The van der Waals surface area contributed by atoms with Crippen molar-refractivity contribution in [3.05, 3.63) is 58.1 Å². The van der Waals surface area contributed by atoms with Crippen molar-refractivity contribution in [3.63, 3.8) is 0 Å². The van der Waals surface area contributed by atoms with E-state index in [-0.39, 0.29) is 18.2 Å². The van der Waals surface area contributed by atoms with Gasteiger partial charge in [-0.25, -0.2) is 5.43 Å². The van der Waals surface area contributed by atoms with Crippen LogP contribution in [0, 0.1) is 10.1 Å². The third kappa shape index (κ3) is 3.93. The Hall–Kier alpha value is -3.95. The summed E-state index contributed by atoms with van der Waals surface area (Å²) < 4.78 is 10.4. The summed E-state index contributed by atoms with van der Waals surface area (Å²) in [5.41, 5.74) is 2.85. The van der Waals surface area contributed by atoms with Crippen molar-refractivity contribution < 1.29 is 24.0 Å². The Bertz CT molecular complexity index is 894. The predicted molar refractivity (Wildman–Crippen MR) is 90.0 cm³/mol. The Morgan fingerprint density at radius 3 is 2.54 bits per heavy atom. The van der Waals surface area contributed by atoms with E-state index in [1.54, 1.807) is 18.2 Å². The Morgan fingerprint density at radius 2 is 1.81 bits per heavy atom. The molecule has 0 aliphatic carbocycles. The van der Waals surface area contributed by atoms with Crippen molar-refractivity contribution in [2.24, 2.45) is 5.10 Å². The number of carbonyl (C=O) groups is 2. The zero-order chi connectivity index (χ0) is 18.5. The first-order valence-corrected chi connectivity index (χ1v) is 7.31. The first-order valence-electron chi connectivity index (χ1n) is 7.31. The normalized spacial score (nSPS) is 12.0. The van der Waals surface area contributed by atoms with Gasteiger partial charge in [-0.1, -0.05) is 0 Å². The van der Waals surface area contributed by atoms with E-state index in [1.165, 1.54) is 30.5 Å². The maximum Gasteiger partial charge on any atom is 0.329 e. The Balaban J connectivity index is 1.54. The quantitative estimate of drug-likeness (QED) is 0.368. The molecule has 0 aromatic heterocycles. The van der Waals surface area contributed by atoms with E-state index in [0.29, 0.717) is 17.1 Å². The summed E-state index contributed by atoms with van der Waals surface area (Å²) in [6.07, 6.45) is 1.35. The fraction of sp³-hybridized carbons (Fsp3) is 0.0625. The molecule has 0 fully saturated rings. The molecule has 2 aromatic rings. The number of hydrogen-bond acceptors (Lipinski definition) is 7. The standard InChI is InChI=1S/C16H12N4O6/c21-15(18-11-2-4-12(5-3-11)20(23)24)16(22)19-17-8-10-1-6-13-14(7-10)26-9-25-13/h1-8H,9H2,(H,18,21)(H,19,22)/b17-8-. The number of fused-ring (bicyclic) bond motifs is 1. The van der Waals surface area contributed by atoms with Crippen LogP contribution >= 0.6 is 0 Å². The lowest BCUT2D eigenvalue weighted by Crippen LogP contribution is -2.32. The number of hydrazone groups is 1. The van der Waals surface area contributed by atoms with E-state index < -0.39 is 16.7 Å². The van der Waals surface area contributed by atoms with Gasteiger partial charge < -0.3 is 14.8 Å². The third-order valence-corrected chi connectivity index (χ3v) is 3.32. The highest BCUT2D eigenvalue weighted by molar-refractivity contribution is 6.39. The molecule has 2 N–H and O–H groups in total. The lowest BCUT2D eigenvalue weighted by atomic mass is 10.2. The maximum atomic E-state index is 11.8. The number of rotatable bonds is 4. The van der Waals surface area contributed by atoms with Crippen LogP contribution in [0.15, 0.2) is 47.6 Å². The fourth-order valence-corrected chi connectivity index (χ4v) is 2.06. The van der Waals surface area contributed by atoms with E-state index >= 15 is 0 Å². The summed E-state index contributed by atoms with van der Waals surface area (Å²) in [6, 6.07) is 10.1. The zero-order valence-electron chi connectivity index (χ0n) is 13.2. The molecule has 1 aliphatic rings. The van der Waals surface area contributed by atoms with Gasteiger partial charge in [-0.3, -0.25) is 19.7 Å². The highest BCUT2D eigenvalue weighted by atomic mass is 16.7. The summed E-state index contributed by atoms with van der Waals surface area (Å²) in [6.45, 7) is 0.148. The average molecular weight is 356 g/mol. The number of hydrogen-bond donors (Lipinski definition) is 2. The minimum Gasteiger partial charge on any atom is -0.454 e. The van der Waals surface area contributed by atoms with Crippen LogP contribution < -0.4 is 20.2 Å². The molecule has 0 spiro atoms. The molecule has 0 unspecified atom stereocenters. The molecular weight excluding hydrogens is 344 g/mol. The first-order chi connectivity index (χ1) is 12.5. The molecule has 0 bridgehead atoms. The van der Waals surface area contributed by atoms with Crippen LogP contribution in [0.4, 0.5) is 11.4 Å². The lowest BCUT2D eigenvalue weighted by molar-refractivity contribution is -0.384. The van der Waals surface area contributed by atoms with Crippen molar-refractivity contribution in [2.45, 2.75) is 0 Å². The number of benzene rings is 2. The molecule has 1 aliphatic heterocycles. The monoisotopic (exact) mass is 356 g/mol. The number of anilines is 1. The maximum absolute atomic E-state index is 11.8. The number of non-ortho nitro benzene ring substituents is 1. The number of nitro benzene ring substituents is 1. The molecule has 132 valence electrons. The summed E-state index contributed by atoms with van der Waals surface area (Å²) in [4.78, 5) is 33.5. The number of ether oxygens (including phenoxy) is 2. The van der Waals surface area contributed by atoms with Crippen LogP contribution in [0.5, 0.6) is 11.5 Å². The summed E-state index contributed by atoms with van der Waals surface area (Å²) in [7, 11) is 0. The highest BCUT2D eigenvalue weighted by Crippen LogP contribution is 2.31. The van der Waals surface area contributed by atoms with Crippen molar-refractivity contribution in [3.8, 4) is 11.5 Å². The summed E-state index contributed by atoms with van der Waals surface area (Å²) >= 11 is 0. The van der Waals surface area contributed by atoms with Gasteiger partial charge >= 0.3 is 11.8 Å². The van der Waals surface area contributed by atoms with E-state index in [0.717, 1.165) is 0 Å². The molecule has 3 rings (SSSR count). The Morgan fingerprint density at radius 1 is 1.08 bits per heavy atom. The highest BCUT2D eigenvalue weighted by Gasteiger charge is 2.14. The molecule has 2 aromatic carbocycles. The second-order valence-electron chi connectivity index (χ2n) is 5.07. The van der Waals surface area contributed by atoms with Gasteiger partial charge in [0, 0.05) is 17.8 Å². The molecular formula is C16H12N4O6. The van der Waals surface area contributed by atoms with Crippen LogP contribution in [0.25, 0.3) is 0 Å². The van der Waals surface area contributed by atoms with Crippen LogP contribution in [-0.2, 0) is 9.59 Å². The fourth-order valence-electron chi connectivity index (χ4n) is 2.06. The van der Waals surface area contributed by atoms with Gasteiger partial charge in [-0.05, 0) is 35.9 Å². The average Bonchev–Trinajstić information content (AvgIpc) is 3.09. The van der Waals surface area contributed by atoms with E-state index in [4.69, 9.17) is 9.47 Å². The molecule has 0 saturated carbocycles. The van der Waals surface area contributed by atoms with Gasteiger partial charge in [-0.2, -0.15) is 5.10 Å². The number of nitro groups is 1. The molecule has 2 amide bonds. The van der Waals surface area contributed by atoms with E-state index in [9.17, 15) is 19.7 Å².